The Balaban J connectivity index is 2.45. The monoisotopic (exact) mass is 277 g/mol. The van der Waals surface area contributed by atoms with Gasteiger partial charge in [-0.3, -0.25) is 0 Å². The van der Waals surface area contributed by atoms with Gasteiger partial charge in [0.25, 0.3) is 0 Å². The first-order chi connectivity index (χ1) is 6.31. The highest BCUT2D eigenvalue weighted by atomic mass is 79.9. The molecule has 0 N–H and O–H groups in total. The van der Waals surface area contributed by atoms with E-state index in [0.717, 1.165) is 20.0 Å². The second kappa shape index (κ2) is 3.82. The first-order valence-corrected chi connectivity index (χ1v) is 5.71. The van der Waals surface area contributed by atoms with Gasteiger partial charge in [0, 0.05) is 5.56 Å². The zero-order valence-electron chi connectivity index (χ0n) is 6.46. The number of alkyl halides is 1. The molecule has 0 saturated heterocycles. The summed E-state index contributed by atoms with van der Waals surface area (Å²) in [6, 6.07) is 3.95. The molecule has 13 heavy (non-hydrogen) atoms. The lowest BCUT2D eigenvalue weighted by atomic mass is 10.2. The summed E-state index contributed by atoms with van der Waals surface area (Å²) < 4.78 is 6.18. The number of hydrogen-bond donors (Lipinski definition) is 0. The molecule has 0 amide bonds. The SMILES string of the molecule is ClCc1cnoc1-c1ccc(Br)s1. The van der Waals surface area contributed by atoms with Crippen LogP contribution in [0.3, 0.4) is 0 Å². The molecule has 5 heteroatoms. The minimum absolute atomic E-state index is 0.425. The smallest absolute Gasteiger partial charge is 0.181 e. The average Bonchev–Trinajstić information content (AvgIpc) is 2.71. The van der Waals surface area contributed by atoms with E-state index < -0.39 is 0 Å². The van der Waals surface area contributed by atoms with Crippen LogP contribution in [0.2, 0.25) is 0 Å². The highest BCUT2D eigenvalue weighted by Crippen LogP contribution is 2.33. The highest BCUT2D eigenvalue weighted by Gasteiger charge is 2.11. The number of thiophene rings is 1. The van der Waals surface area contributed by atoms with Gasteiger partial charge in [-0.1, -0.05) is 5.16 Å². The van der Waals surface area contributed by atoms with Crippen molar-refractivity contribution in [2.75, 3.05) is 0 Å². The van der Waals surface area contributed by atoms with E-state index in [1.165, 1.54) is 0 Å². The van der Waals surface area contributed by atoms with Crippen LogP contribution in [-0.2, 0) is 5.88 Å². The molecule has 2 rings (SSSR count). The fourth-order valence-electron chi connectivity index (χ4n) is 0.995. The van der Waals surface area contributed by atoms with Crippen LogP contribution in [0.15, 0.2) is 26.6 Å². The Morgan fingerprint density at radius 2 is 2.38 bits per heavy atom. The van der Waals surface area contributed by atoms with Gasteiger partial charge in [0.05, 0.1) is 20.7 Å². The molecular formula is C8H5BrClNOS. The minimum Gasteiger partial charge on any atom is -0.355 e. The summed E-state index contributed by atoms with van der Waals surface area (Å²) >= 11 is 10.7. The fraction of sp³-hybridized carbons (Fsp3) is 0.125. The average molecular weight is 279 g/mol. The maximum atomic E-state index is 5.72. The predicted octanol–water partition coefficient (Wildman–Crippen LogP) is 3.90. The van der Waals surface area contributed by atoms with Crippen LogP contribution in [0.4, 0.5) is 0 Å². The first kappa shape index (κ1) is 9.24. The molecule has 2 heterocycles. The number of hydrogen-bond acceptors (Lipinski definition) is 3. The lowest BCUT2D eigenvalue weighted by Crippen LogP contribution is -1.74. The standard InChI is InChI=1S/C8H5BrClNOS/c9-7-2-1-6(13-7)8-5(3-10)4-11-12-8/h1-2,4H,3H2. The van der Waals surface area contributed by atoms with Crippen molar-refractivity contribution in [2.45, 2.75) is 5.88 Å². The Morgan fingerprint density at radius 1 is 1.54 bits per heavy atom. The second-order valence-corrected chi connectivity index (χ2v) is 5.15. The first-order valence-electron chi connectivity index (χ1n) is 3.56. The Morgan fingerprint density at radius 3 is 3.00 bits per heavy atom. The number of rotatable bonds is 2. The highest BCUT2D eigenvalue weighted by molar-refractivity contribution is 9.11. The van der Waals surface area contributed by atoms with Gasteiger partial charge in [0.15, 0.2) is 5.76 Å². The van der Waals surface area contributed by atoms with Gasteiger partial charge in [-0.2, -0.15) is 0 Å². The maximum Gasteiger partial charge on any atom is 0.181 e. The van der Waals surface area contributed by atoms with E-state index in [0.29, 0.717) is 5.88 Å². The van der Waals surface area contributed by atoms with Gasteiger partial charge in [-0.05, 0) is 28.1 Å². The molecule has 0 aliphatic carbocycles. The quantitative estimate of drug-likeness (QED) is 0.779. The summed E-state index contributed by atoms with van der Waals surface area (Å²) in [6.07, 6.45) is 1.65. The third-order valence-electron chi connectivity index (χ3n) is 1.59. The molecule has 0 radical (unpaired) electrons. The largest absolute Gasteiger partial charge is 0.355 e. The van der Waals surface area contributed by atoms with Gasteiger partial charge < -0.3 is 4.52 Å². The van der Waals surface area contributed by atoms with Crippen LogP contribution < -0.4 is 0 Å². The van der Waals surface area contributed by atoms with Crippen molar-refractivity contribution in [1.29, 1.82) is 0 Å². The van der Waals surface area contributed by atoms with Crippen LogP contribution in [0.25, 0.3) is 10.6 Å². The topological polar surface area (TPSA) is 26.0 Å². The molecule has 2 nitrogen and oxygen atoms in total. The van der Waals surface area contributed by atoms with Gasteiger partial charge in [0.1, 0.15) is 0 Å². The molecule has 68 valence electrons. The summed E-state index contributed by atoms with van der Waals surface area (Å²) in [4.78, 5) is 1.04. The van der Waals surface area contributed by atoms with Crippen LogP contribution in [0.5, 0.6) is 0 Å². The van der Waals surface area contributed by atoms with Crippen LogP contribution >= 0.6 is 38.9 Å². The lowest BCUT2D eigenvalue weighted by molar-refractivity contribution is 0.432. The van der Waals surface area contributed by atoms with Gasteiger partial charge in [-0.25, -0.2) is 0 Å². The van der Waals surface area contributed by atoms with E-state index in [-0.39, 0.29) is 0 Å². The number of aromatic nitrogens is 1. The third-order valence-corrected chi connectivity index (χ3v) is 3.50. The zero-order valence-corrected chi connectivity index (χ0v) is 9.62. The van der Waals surface area contributed by atoms with E-state index in [4.69, 9.17) is 16.1 Å². The van der Waals surface area contributed by atoms with Gasteiger partial charge in [-0.15, -0.1) is 22.9 Å². The normalized spacial score (nSPS) is 10.6. The van der Waals surface area contributed by atoms with Crippen molar-refractivity contribution in [1.82, 2.24) is 5.16 Å². The van der Waals surface area contributed by atoms with Crippen LogP contribution in [0.1, 0.15) is 5.56 Å². The molecule has 0 saturated carbocycles. The van der Waals surface area contributed by atoms with Crippen molar-refractivity contribution in [3.05, 3.63) is 27.7 Å². The van der Waals surface area contributed by atoms with Crippen LogP contribution in [-0.4, -0.2) is 5.16 Å². The van der Waals surface area contributed by atoms with Crippen molar-refractivity contribution in [2.24, 2.45) is 0 Å². The Labute approximate surface area is 92.6 Å². The van der Waals surface area contributed by atoms with E-state index >= 15 is 0 Å². The molecule has 2 aromatic rings. The Hall–Kier alpha value is -0.320. The summed E-state index contributed by atoms with van der Waals surface area (Å²) in [6.45, 7) is 0. The van der Waals surface area contributed by atoms with Crippen molar-refractivity contribution < 1.29 is 4.52 Å². The molecule has 0 unspecified atom stereocenters. The molecule has 2 aromatic heterocycles. The molecule has 0 spiro atoms. The molecule has 0 bridgehead atoms. The van der Waals surface area contributed by atoms with E-state index in [1.54, 1.807) is 17.5 Å². The Bertz CT molecular complexity index is 412. The second-order valence-electron chi connectivity index (χ2n) is 2.42. The van der Waals surface area contributed by atoms with E-state index in [1.807, 2.05) is 12.1 Å². The number of halogens is 2. The lowest BCUT2D eigenvalue weighted by Gasteiger charge is -1.91. The molecule has 0 atom stereocenters. The third kappa shape index (κ3) is 1.80. The molecule has 0 fully saturated rings. The summed E-state index contributed by atoms with van der Waals surface area (Å²) in [5.41, 5.74) is 0.927. The summed E-state index contributed by atoms with van der Waals surface area (Å²) in [5.74, 6) is 1.19. The van der Waals surface area contributed by atoms with E-state index in [9.17, 15) is 0 Å². The van der Waals surface area contributed by atoms with Crippen molar-refractivity contribution in [3.8, 4) is 10.6 Å². The molecule has 0 aliphatic rings. The maximum absolute atomic E-state index is 5.72. The fourth-order valence-corrected chi connectivity index (χ4v) is 2.58. The van der Waals surface area contributed by atoms with Gasteiger partial charge in [0.2, 0.25) is 0 Å². The molecule has 0 aliphatic heterocycles. The number of nitrogens with zero attached hydrogens (tertiary/aromatic N) is 1. The summed E-state index contributed by atoms with van der Waals surface area (Å²) in [5, 5.41) is 3.71. The Kier molecular flexibility index (Phi) is 2.71. The minimum atomic E-state index is 0.425. The van der Waals surface area contributed by atoms with Crippen LogP contribution in [0, 0.1) is 0 Å². The molecule has 0 aromatic carbocycles. The zero-order chi connectivity index (χ0) is 9.26. The van der Waals surface area contributed by atoms with E-state index in [2.05, 4.69) is 21.1 Å². The van der Waals surface area contributed by atoms with Gasteiger partial charge >= 0.3 is 0 Å². The van der Waals surface area contributed by atoms with Crippen molar-refractivity contribution in [3.63, 3.8) is 0 Å². The molecular weight excluding hydrogens is 274 g/mol. The predicted molar refractivity (Wildman–Crippen MR) is 57.1 cm³/mol. The van der Waals surface area contributed by atoms with Crippen molar-refractivity contribution >= 4 is 38.9 Å². The summed E-state index contributed by atoms with van der Waals surface area (Å²) in [7, 11) is 0.